The van der Waals surface area contributed by atoms with Crippen molar-refractivity contribution in [2.24, 2.45) is 0 Å². The molecule has 1 aliphatic heterocycles. The van der Waals surface area contributed by atoms with Gasteiger partial charge in [0, 0.05) is 48.7 Å². The zero-order valence-electron chi connectivity index (χ0n) is 24.6. The number of pyridine rings is 1. The summed E-state index contributed by atoms with van der Waals surface area (Å²) in [6, 6.07) is 23.3. The standard InChI is InChI=1S/C32H34FN5O5S.ClH/c1-44(41,42)35-28-10-14-31(15-11-28)43-30-12-4-24(5-13-30)21-36-19-16-29(17-20-36)38(23-25-3-2-18-37(40)22-25)32(39)34-27-8-6-26(33)7-9-27;/h2-15,18,22,29,35H,16-17,19-21,23H2,1H3,(H,34,39);1H. The Balaban J connectivity index is 0.00000461. The number of carbonyl (C=O) groups is 1. The quantitative estimate of drug-likeness (QED) is 0.166. The van der Waals surface area contributed by atoms with Crippen LogP contribution < -0.4 is 19.5 Å². The molecule has 1 fully saturated rings. The van der Waals surface area contributed by atoms with Crippen molar-refractivity contribution in [3.8, 4) is 11.5 Å². The van der Waals surface area contributed by atoms with Crippen molar-refractivity contribution in [3.63, 3.8) is 0 Å². The van der Waals surface area contributed by atoms with E-state index in [-0.39, 0.29) is 36.8 Å². The van der Waals surface area contributed by atoms with Gasteiger partial charge in [-0.25, -0.2) is 17.6 Å². The number of aromatic nitrogens is 1. The average molecular weight is 656 g/mol. The summed E-state index contributed by atoms with van der Waals surface area (Å²) >= 11 is 0. The topological polar surface area (TPSA) is 118 Å². The molecular weight excluding hydrogens is 621 g/mol. The maximum atomic E-state index is 13.4. The first kappa shape index (κ1) is 33.5. The summed E-state index contributed by atoms with van der Waals surface area (Å²) in [5.41, 5.74) is 2.81. The summed E-state index contributed by atoms with van der Waals surface area (Å²) in [5.74, 6) is 0.876. The van der Waals surface area contributed by atoms with Gasteiger partial charge in [-0.05, 0) is 85.1 Å². The Morgan fingerprint density at radius 1 is 0.956 bits per heavy atom. The van der Waals surface area contributed by atoms with E-state index in [0.29, 0.717) is 22.9 Å². The van der Waals surface area contributed by atoms with Crippen LogP contribution in [0.1, 0.15) is 24.0 Å². The number of amides is 2. The summed E-state index contributed by atoms with van der Waals surface area (Å²) in [6.07, 6.45) is 5.48. The van der Waals surface area contributed by atoms with Crippen LogP contribution in [-0.2, 0) is 23.1 Å². The Bertz CT molecular complexity index is 1670. The van der Waals surface area contributed by atoms with E-state index < -0.39 is 10.0 Å². The van der Waals surface area contributed by atoms with Gasteiger partial charge in [0.25, 0.3) is 0 Å². The number of ether oxygens (including phenoxy) is 1. The van der Waals surface area contributed by atoms with E-state index in [4.69, 9.17) is 4.74 Å². The van der Waals surface area contributed by atoms with Gasteiger partial charge in [0.1, 0.15) is 17.3 Å². The molecule has 2 heterocycles. The van der Waals surface area contributed by atoms with E-state index in [0.717, 1.165) is 54.6 Å². The van der Waals surface area contributed by atoms with Crippen molar-refractivity contribution in [2.75, 3.05) is 29.4 Å². The van der Waals surface area contributed by atoms with Crippen molar-refractivity contribution >= 4 is 39.8 Å². The number of urea groups is 1. The number of sulfonamides is 1. The van der Waals surface area contributed by atoms with E-state index in [1.165, 1.54) is 36.7 Å². The van der Waals surface area contributed by atoms with Crippen LogP contribution in [0.2, 0.25) is 0 Å². The van der Waals surface area contributed by atoms with E-state index in [1.54, 1.807) is 35.2 Å². The van der Waals surface area contributed by atoms with Gasteiger partial charge in [-0.15, -0.1) is 12.4 Å². The lowest BCUT2D eigenvalue weighted by molar-refractivity contribution is -0.605. The van der Waals surface area contributed by atoms with Crippen LogP contribution in [0.15, 0.2) is 97.3 Å². The van der Waals surface area contributed by atoms with Crippen LogP contribution in [0.4, 0.5) is 20.6 Å². The predicted octanol–water partition coefficient (Wildman–Crippen LogP) is 5.74. The van der Waals surface area contributed by atoms with Gasteiger partial charge < -0.3 is 20.2 Å². The fraction of sp³-hybridized carbons (Fsp3) is 0.250. The van der Waals surface area contributed by atoms with Gasteiger partial charge in [0.15, 0.2) is 12.4 Å². The Kier molecular flexibility index (Phi) is 11.2. The van der Waals surface area contributed by atoms with Gasteiger partial charge in [-0.3, -0.25) is 9.62 Å². The predicted molar refractivity (Wildman–Crippen MR) is 173 cm³/mol. The molecule has 1 aliphatic rings. The number of nitrogens with zero attached hydrogens (tertiary/aromatic N) is 3. The van der Waals surface area contributed by atoms with Gasteiger partial charge in [-0.1, -0.05) is 12.1 Å². The maximum absolute atomic E-state index is 13.4. The summed E-state index contributed by atoms with van der Waals surface area (Å²) in [7, 11) is -3.34. The zero-order valence-corrected chi connectivity index (χ0v) is 26.3. The molecule has 238 valence electrons. The molecule has 2 N–H and O–H groups in total. The molecule has 2 amide bonds. The Morgan fingerprint density at radius 2 is 1.56 bits per heavy atom. The molecule has 45 heavy (non-hydrogen) atoms. The molecule has 4 aromatic rings. The molecule has 3 aromatic carbocycles. The normalized spacial score (nSPS) is 13.8. The highest BCUT2D eigenvalue weighted by molar-refractivity contribution is 7.92. The molecule has 1 aromatic heterocycles. The molecule has 5 rings (SSSR count). The number of likely N-dealkylation sites (tertiary alicyclic amines) is 1. The number of carbonyl (C=O) groups excluding carboxylic acids is 1. The number of piperidine rings is 1. The fourth-order valence-electron chi connectivity index (χ4n) is 5.14. The van der Waals surface area contributed by atoms with E-state index in [1.807, 2.05) is 30.3 Å². The van der Waals surface area contributed by atoms with E-state index in [9.17, 15) is 22.8 Å². The van der Waals surface area contributed by atoms with E-state index in [2.05, 4.69) is 14.9 Å². The van der Waals surface area contributed by atoms with Crippen molar-refractivity contribution in [2.45, 2.75) is 32.0 Å². The lowest BCUT2D eigenvalue weighted by Gasteiger charge is -2.38. The first-order valence-electron chi connectivity index (χ1n) is 14.2. The lowest BCUT2D eigenvalue weighted by atomic mass is 10.0. The highest BCUT2D eigenvalue weighted by Crippen LogP contribution is 2.26. The molecule has 13 heteroatoms. The summed E-state index contributed by atoms with van der Waals surface area (Å²) in [4.78, 5) is 17.5. The maximum Gasteiger partial charge on any atom is 0.322 e. The third-order valence-electron chi connectivity index (χ3n) is 7.27. The first-order chi connectivity index (χ1) is 21.1. The molecule has 0 saturated carbocycles. The number of hydrogen-bond acceptors (Lipinski definition) is 6. The molecule has 0 unspecified atom stereocenters. The van der Waals surface area contributed by atoms with Crippen LogP contribution in [0, 0.1) is 11.0 Å². The molecule has 1 saturated heterocycles. The van der Waals surface area contributed by atoms with Crippen LogP contribution in [0.3, 0.4) is 0 Å². The van der Waals surface area contributed by atoms with Gasteiger partial charge in [0.2, 0.25) is 10.0 Å². The number of nitrogens with one attached hydrogen (secondary N) is 2. The minimum absolute atomic E-state index is 0. The third kappa shape index (κ3) is 10.1. The van der Waals surface area contributed by atoms with Crippen LogP contribution >= 0.6 is 12.4 Å². The fourth-order valence-corrected chi connectivity index (χ4v) is 5.70. The molecule has 0 atom stereocenters. The second-order valence-electron chi connectivity index (χ2n) is 10.8. The molecular formula is C32H35ClFN5O5S. The minimum atomic E-state index is -3.34. The smallest absolute Gasteiger partial charge is 0.322 e. The van der Waals surface area contributed by atoms with Crippen molar-refractivity contribution in [3.05, 3.63) is 119 Å². The Labute approximate surface area is 268 Å². The highest BCUT2D eigenvalue weighted by atomic mass is 35.5. The zero-order chi connectivity index (χ0) is 31.1. The Hall–Kier alpha value is -4.39. The van der Waals surface area contributed by atoms with Crippen LogP contribution in [0.5, 0.6) is 11.5 Å². The average Bonchev–Trinajstić information content (AvgIpc) is 2.99. The largest absolute Gasteiger partial charge is 0.619 e. The molecule has 0 radical (unpaired) electrons. The number of anilines is 2. The molecule has 0 spiro atoms. The molecule has 10 nitrogen and oxygen atoms in total. The first-order valence-corrected chi connectivity index (χ1v) is 16.1. The second-order valence-corrected chi connectivity index (χ2v) is 12.5. The summed E-state index contributed by atoms with van der Waals surface area (Å²) in [6.45, 7) is 2.59. The summed E-state index contributed by atoms with van der Waals surface area (Å²) < 4.78 is 45.2. The van der Waals surface area contributed by atoms with E-state index >= 15 is 0 Å². The van der Waals surface area contributed by atoms with Crippen LogP contribution in [-0.4, -0.2) is 49.6 Å². The SMILES string of the molecule is CS(=O)(=O)Nc1ccc(Oc2ccc(CN3CCC(N(Cc4ccc[n+]([O-])c4)C(=O)Nc4ccc(F)cc4)CC3)cc2)cc1.Cl. The molecule has 0 aliphatic carbocycles. The van der Waals surface area contributed by atoms with Gasteiger partial charge in [-0.2, -0.15) is 4.73 Å². The van der Waals surface area contributed by atoms with Gasteiger partial charge in [0.05, 0.1) is 12.8 Å². The highest BCUT2D eigenvalue weighted by Gasteiger charge is 2.29. The van der Waals surface area contributed by atoms with Gasteiger partial charge >= 0.3 is 6.03 Å². The third-order valence-corrected chi connectivity index (χ3v) is 7.87. The number of rotatable bonds is 10. The van der Waals surface area contributed by atoms with Crippen LogP contribution in [0.25, 0.3) is 0 Å². The second kappa shape index (κ2) is 15.1. The number of hydrogen-bond donors (Lipinski definition) is 2. The van der Waals surface area contributed by atoms with Crippen molar-refractivity contribution in [1.29, 1.82) is 0 Å². The summed E-state index contributed by atoms with van der Waals surface area (Å²) in [5, 5.41) is 14.7. The number of benzene rings is 3. The van der Waals surface area contributed by atoms with Crippen molar-refractivity contribution < 1.29 is 27.1 Å². The number of halogens is 2. The lowest BCUT2D eigenvalue weighted by Crippen LogP contribution is -2.48. The van der Waals surface area contributed by atoms with Crippen molar-refractivity contribution in [1.82, 2.24) is 9.80 Å². The Morgan fingerprint density at radius 3 is 2.16 bits per heavy atom. The monoisotopic (exact) mass is 655 g/mol. The molecule has 0 bridgehead atoms. The minimum Gasteiger partial charge on any atom is -0.619 e.